The Morgan fingerprint density at radius 2 is 2.04 bits per heavy atom. The highest BCUT2D eigenvalue weighted by Gasteiger charge is 2.04. The van der Waals surface area contributed by atoms with E-state index in [1.807, 2.05) is 13.0 Å². The van der Waals surface area contributed by atoms with E-state index in [9.17, 15) is 9.59 Å². The first-order chi connectivity index (χ1) is 11.6. The molecule has 0 aliphatic heterocycles. The minimum absolute atomic E-state index is 0.252. The lowest BCUT2D eigenvalue weighted by Gasteiger charge is -2.07. The molecule has 2 aromatic rings. The number of anilines is 1. The molecule has 6 nitrogen and oxygen atoms in total. The van der Waals surface area contributed by atoms with Crippen molar-refractivity contribution < 1.29 is 14.3 Å². The van der Waals surface area contributed by atoms with Crippen LogP contribution in [0.5, 0.6) is 11.6 Å². The Morgan fingerprint density at radius 1 is 1.21 bits per heavy atom. The van der Waals surface area contributed by atoms with Crippen LogP contribution in [0, 0.1) is 0 Å². The zero-order valence-electron chi connectivity index (χ0n) is 13.1. The number of hydrogen-bond acceptors (Lipinski definition) is 4. The van der Waals surface area contributed by atoms with Gasteiger partial charge in [0.1, 0.15) is 5.75 Å². The van der Waals surface area contributed by atoms with Gasteiger partial charge < -0.3 is 15.8 Å². The molecule has 0 aliphatic rings. The highest BCUT2D eigenvalue weighted by atomic mass is 16.5. The molecule has 0 unspecified atom stereocenters. The molecular formula is C18H17N3O3. The average molecular weight is 323 g/mol. The summed E-state index contributed by atoms with van der Waals surface area (Å²) in [6.45, 7) is 1.87. The third-order valence-electron chi connectivity index (χ3n) is 2.90. The van der Waals surface area contributed by atoms with Gasteiger partial charge in [0, 0.05) is 17.7 Å². The van der Waals surface area contributed by atoms with Gasteiger partial charge in [0.15, 0.2) is 0 Å². The van der Waals surface area contributed by atoms with E-state index in [4.69, 9.17) is 10.5 Å². The lowest BCUT2D eigenvalue weighted by Crippen LogP contribution is -2.10. The number of pyridine rings is 1. The Bertz CT molecular complexity index is 780. The van der Waals surface area contributed by atoms with Gasteiger partial charge >= 0.3 is 0 Å². The van der Waals surface area contributed by atoms with E-state index in [0.29, 0.717) is 22.9 Å². The summed E-state index contributed by atoms with van der Waals surface area (Å²) in [5.41, 5.74) is 6.12. The quantitative estimate of drug-likeness (QED) is 0.631. The van der Waals surface area contributed by atoms with Crippen LogP contribution in [0.4, 0.5) is 5.69 Å². The summed E-state index contributed by atoms with van der Waals surface area (Å²) in [4.78, 5) is 26.9. The third kappa shape index (κ3) is 5.10. The molecule has 0 saturated heterocycles. The molecule has 2 rings (SSSR count). The predicted octanol–water partition coefficient (Wildman–Crippen LogP) is 3.04. The molecule has 0 fully saturated rings. The van der Waals surface area contributed by atoms with Crippen LogP contribution in [0.2, 0.25) is 0 Å². The summed E-state index contributed by atoms with van der Waals surface area (Å²) < 4.78 is 5.55. The number of primary amides is 1. The highest BCUT2D eigenvalue weighted by Crippen LogP contribution is 2.21. The molecule has 24 heavy (non-hydrogen) atoms. The largest absolute Gasteiger partial charge is 0.439 e. The van der Waals surface area contributed by atoms with Crippen LogP contribution in [0.15, 0.2) is 66.9 Å². The van der Waals surface area contributed by atoms with E-state index in [-0.39, 0.29) is 5.91 Å². The second-order valence-corrected chi connectivity index (χ2v) is 4.75. The maximum Gasteiger partial charge on any atom is 0.248 e. The number of ether oxygens (including phenoxy) is 1. The minimum atomic E-state index is -0.530. The van der Waals surface area contributed by atoms with E-state index in [2.05, 4.69) is 10.3 Å². The molecule has 1 aromatic heterocycles. The molecule has 1 heterocycles. The number of amides is 2. The Kier molecular flexibility index (Phi) is 5.85. The first-order valence-electron chi connectivity index (χ1n) is 7.22. The number of nitrogens with two attached hydrogens (primary N) is 1. The normalized spacial score (nSPS) is 10.9. The van der Waals surface area contributed by atoms with Crippen molar-refractivity contribution in [3.05, 3.63) is 72.5 Å². The van der Waals surface area contributed by atoms with Gasteiger partial charge in [0.2, 0.25) is 17.7 Å². The van der Waals surface area contributed by atoms with E-state index in [1.54, 1.807) is 42.5 Å². The van der Waals surface area contributed by atoms with Crippen LogP contribution in [0.25, 0.3) is 0 Å². The maximum absolute atomic E-state index is 11.6. The molecule has 3 N–H and O–H groups in total. The van der Waals surface area contributed by atoms with Crippen molar-refractivity contribution in [2.24, 2.45) is 5.73 Å². The third-order valence-corrected chi connectivity index (χ3v) is 2.90. The summed E-state index contributed by atoms with van der Waals surface area (Å²) in [5.74, 6) is -0.000815. The van der Waals surface area contributed by atoms with E-state index in [0.717, 1.165) is 0 Å². The van der Waals surface area contributed by atoms with Gasteiger partial charge in [0.05, 0.1) is 11.9 Å². The molecule has 0 bridgehead atoms. The van der Waals surface area contributed by atoms with Crippen LogP contribution < -0.4 is 15.8 Å². The van der Waals surface area contributed by atoms with Crippen LogP contribution >= 0.6 is 0 Å². The predicted molar refractivity (Wildman–Crippen MR) is 91.9 cm³/mol. The number of hydrogen-bond donors (Lipinski definition) is 2. The van der Waals surface area contributed by atoms with Crippen molar-refractivity contribution in [2.45, 2.75) is 6.92 Å². The fourth-order valence-electron chi connectivity index (χ4n) is 1.79. The summed E-state index contributed by atoms with van der Waals surface area (Å²) in [5, 5.41) is 2.68. The molecule has 0 radical (unpaired) electrons. The van der Waals surface area contributed by atoms with Crippen molar-refractivity contribution in [2.75, 3.05) is 5.32 Å². The molecular weight excluding hydrogens is 306 g/mol. The number of carbonyl (C=O) groups excluding carboxylic acids is 2. The SMILES string of the molecule is C/C=C/C=C\C(=O)Nc1ccc(Oc2cccc(C(N)=O)c2)nc1. The van der Waals surface area contributed by atoms with Crippen molar-refractivity contribution in [3.8, 4) is 11.6 Å². The van der Waals surface area contributed by atoms with Crippen molar-refractivity contribution in [1.29, 1.82) is 0 Å². The van der Waals surface area contributed by atoms with Gasteiger partial charge in [-0.05, 0) is 31.2 Å². The summed E-state index contributed by atoms with van der Waals surface area (Å²) in [6, 6.07) is 9.77. The number of rotatable bonds is 6. The number of allylic oxidation sites excluding steroid dienone is 3. The van der Waals surface area contributed by atoms with Crippen LogP contribution in [0.1, 0.15) is 17.3 Å². The maximum atomic E-state index is 11.6. The molecule has 0 atom stereocenters. The van der Waals surface area contributed by atoms with Gasteiger partial charge in [-0.2, -0.15) is 0 Å². The van der Waals surface area contributed by atoms with Crippen molar-refractivity contribution >= 4 is 17.5 Å². The van der Waals surface area contributed by atoms with Crippen molar-refractivity contribution in [3.63, 3.8) is 0 Å². The zero-order valence-corrected chi connectivity index (χ0v) is 13.1. The Labute approximate surface area is 139 Å². The summed E-state index contributed by atoms with van der Waals surface area (Å²) in [6.07, 6.45) is 8.13. The van der Waals surface area contributed by atoms with Crippen LogP contribution in [-0.2, 0) is 4.79 Å². The fourth-order valence-corrected chi connectivity index (χ4v) is 1.79. The molecule has 122 valence electrons. The fraction of sp³-hybridized carbons (Fsp3) is 0.0556. The molecule has 6 heteroatoms. The van der Waals surface area contributed by atoms with Crippen LogP contribution in [0.3, 0.4) is 0 Å². The van der Waals surface area contributed by atoms with Crippen molar-refractivity contribution in [1.82, 2.24) is 4.98 Å². The number of aromatic nitrogens is 1. The first-order valence-corrected chi connectivity index (χ1v) is 7.22. The monoisotopic (exact) mass is 323 g/mol. The van der Waals surface area contributed by atoms with Gasteiger partial charge in [-0.25, -0.2) is 4.98 Å². The number of nitrogens with zero attached hydrogens (tertiary/aromatic N) is 1. The van der Waals surface area contributed by atoms with Gasteiger partial charge in [-0.3, -0.25) is 9.59 Å². The molecule has 0 spiro atoms. The molecule has 1 aromatic carbocycles. The Morgan fingerprint density at radius 3 is 2.71 bits per heavy atom. The molecule has 2 amide bonds. The average Bonchev–Trinajstić information content (AvgIpc) is 2.57. The second-order valence-electron chi connectivity index (χ2n) is 4.75. The standard InChI is InChI=1S/C18H17N3O3/c1-2-3-4-8-16(22)21-14-9-10-17(20-12-14)24-15-7-5-6-13(11-15)18(19)23/h2-12H,1H3,(H2,19,23)(H,21,22)/b3-2+,8-4-. The topological polar surface area (TPSA) is 94.3 Å². The van der Waals surface area contributed by atoms with Gasteiger partial charge in [-0.15, -0.1) is 0 Å². The van der Waals surface area contributed by atoms with Gasteiger partial charge in [-0.1, -0.05) is 24.3 Å². The van der Waals surface area contributed by atoms with E-state index < -0.39 is 5.91 Å². The second kappa shape index (κ2) is 8.28. The lowest BCUT2D eigenvalue weighted by molar-refractivity contribution is -0.111. The Hall–Kier alpha value is -3.41. The highest BCUT2D eigenvalue weighted by molar-refractivity contribution is 5.99. The zero-order chi connectivity index (χ0) is 17.4. The summed E-state index contributed by atoms with van der Waals surface area (Å²) >= 11 is 0. The lowest BCUT2D eigenvalue weighted by atomic mass is 10.2. The number of benzene rings is 1. The Balaban J connectivity index is 2.00. The molecule has 0 saturated carbocycles. The minimum Gasteiger partial charge on any atom is -0.439 e. The number of nitrogens with one attached hydrogen (secondary N) is 1. The summed E-state index contributed by atoms with van der Waals surface area (Å²) in [7, 11) is 0. The van der Waals surface area contributed by atoms with E-state index in [1.165, 1.54) is 18.3 Å². The van der Waals surface area contributed by atoms with Gasteiger partial charge in [0.25, 0.3) is 0 Å². The smallest absolute Gasteiger partial charge is 0.248 e. The first kappa shape index (κ1) is 17.0. The molecule has 0 aliphatic carbocycles. The number of carbonyl (C=O) groups is 2. The van der Waals surface area contributed by atoms with E-state index >= 15 is 0 Å². The van der Waals surface area contributed by atoms with Crippen LogP contribution in [-0.4, -0.2) is 16.8 Å².